The topological polar surface area (TPSA) is 39.1 Å². The van der Waals surface area contributed by atoms with Gasteiger partial charge in [-0.2, -0.15) is 5.26 Å². The quantitative estimate of drug-likeness (QED) is 0.750. The molecule has 1 aliphatic rings. The average Bonchev–Trinajstić information content (AvgIpc) is 2.79. The summed E-state index contributed by atoms with van der Waals surface area (Å²) >= 11 is 0. The highest BCUT2D eigenvalue weighted by molar-refractivity contribution is 5.05. The van der Waals surface area contributed by atoms with Gasteiger partial charge in [0.2, 0.25) is 0 Å². The van der Waals surface area contributed by atoms with E-state index in [-0.39, 0.29) is 0 Å². The van der Waals surface area contributed by atoms with Gasteiger partial charge in [0.15, 0.2) is 0 Å². The summed E-state index contributed by atoms with van der Waals surface area (Å²) in [7, 11) is 1.87. The smallest absolute Gasteiger partial charge is 0.116 e. The molecule has 15 heavy (non-hydrogen) atoms. The minimum atomic E-state index is -0.404. The fourth-order valence-electron chi connectivity index (χ4n) is 2.35. The van der Waals surface area contributed by atoms with Gasteiger partial charge < -0.3 is 5.32 Å². The van der Waals surface area contributed by atoms with Gasteiger partial charge in [-0.25, -0.2) is 0 Å². The van der Waals surface area contributed by atoms with Crippen LogP contribution in [0.15, 0.2) is 0 Å². The van der Waals surface area contributed by atoms with Gasteiger partial charge in [-0.3, -0.25) is 4.90 Å². The van der Waals surface area contributed by atoms with Crippen molar-refractivity contribution in [3.05, 3.63) is 0 Å². The lowest BCUT2D eigenvalue weighted by Gasteiger charge is -2.33. The first kappa shape index (κ1) is 12.5. The molecule has 0 saturated heterocycles. The third-order valence-electron chi connectivity index (χ3n) is 3.57. The summed E-state index contributed by atoms with van der Waals surface area (Å²) in [6, 6.07) is 3.07. The van der Waals surface area contributed by atoms with Crippen LogP contribution < -0.4 is 5.32 Å². The minimum absolute atomic E-state index is 0.404. The predicted molar refractivity (Wildman–Crippen MR) is 62.6 cm³/mol. The molecule has 3 nitrogen and oxygen atoms in total. The van der Waals surface area contributed by atoms with Crippen LogP contribution in [0.2, 0.25) is 0 Å². The minimum Gasteiger partial charge on any atom is -0.302 e. The first-order valence-corrected chi connectivity index (χ1v) is 5.99. The molecular weight excluding hydrogens is 186 g/mol. The van der Waals surface area contributed by atoms with Gasteiger partial charge in [0.25, 0.3) is 0 Å². The number of nitrogens with zero attached hydrogens (tertiary/aromatic N) is 2. The van der Waals surface area contributed by atoms with E-state index in [1.807, 2.05) is 14.0 Å². The molecule has 1 N–H and O–H groups in total. The molecule has 0 aromatic carbocycles. The van der Waals surface area contributed by atoms with E-state index >= 15 is 0 Å². The zero-order valence-corrected chi connectivity index (χ0v) is 10.2. The Kier molecular flexibility index (Phi) is 4.56. The summed E-state index contributed by atoms with van der Waals surface area (Å²) in [5, 5.41) is 12.2. The zero-order chi connectivity index (χ0) is 11.3. The number of hydrogen-bond donors (Lipinski definition) is 1. The van der Waals surface area contributed by atoms with Crippen molar-refractivity contribution in [1.82, 2.24) is 10.2 Å². The Morgan fingerprint density at radius 1 is 1.47 bits per heavy atom. The van der Waals surface area contributed by atoms with E-state index in [1.165, 1.54) is 25.7 Å². The van der Waals surface area contributed by atoms with Gasteiger partial charge >= 0.3 is 0 Å². The van der Waals surface area contributed by atoms with Crippen molar-refractivity contribution in [2.45, 2.75) is 51.1 Å². The Labute approximate surface area is 93.5 Å². The second-order valence-corrected chi connectivity index (χ2v) is 4.70. The highest BCUT2D eigenvalue weighted by Crippen LogP contribution is 2.24. The molecule has 1 fully saturated rings. The molecule has 0 radical (unpaired) electrons. The number of nitrogens with one attached hydrogen (secondary N) is 1. The Morgan fingerprint density at radius 2 is 2.07 bits per heavy atom. The van der Waals surface area contributed by atoms with Crippen LogP contribution in [0, 0.1) is 11.3 Å². The fraction of sp³-hybridized carbons (Fsp3) is 0.917. The highest BCUT2D eigenvalue weighted by atomic mass is 15.2. The lowest BCUT2D eigenvalue weighted by molar-refractivity contribution is 0.173. The van der Waals surface area contributed by atoms with Crippen molar-refractivity contribution < 1.29 is 0 Å². The first-order chi connectivity index (χ1) is 7.15. The second-order valence-electron chi connectivity index (χ2n) is 4.70. The van der Waals surface area contributed by atoms with Crippen molar-refractivity contribution in [3.8, 4) is 6.07 Å². The number of hydrogen-bond acceptors (Lipinski definition) is 3. The predicted octanol–water partition coefficient (Wildman–Crippen LogP) is 1.75. The van der Waals surface area contributed by atoms with Gasteiger partial charge in [0.05, 0.1) is 6.07 Å². The third-order valence-corrected chi connectivity index (χ3v) is 3.57. The molecule has 0 aromatic heterocycles. The van der Waals surface area contributed by atoms with E-state index < -0.39 is 5.54 Å². The summed E-state index contributed by atoms with van der Waals surface area (Å²) < 4.78 is 0. The Balaban J connectivity index is 2.56. The maximum atomic E-state index is 9.13. The van der Waals surface area contributed by atoms with Crippen molar-refractivity contribution in [1.29, 1.82) is 5.26 Å². The molecule has 1 aliphatic carbocycles. The van der Waals surface area contributed by atoms with Crippen molar-refractivity contribution in [2.24, 2.45) is 0 Å². The van der Waals surface area contributed by atoms with Crippen molar-refractivity contribution in [3.63, 3.8) is 0 Å². The Bertz CT molecular complexity index is 228. The first-order valence-electron chi connectivity index (χ1n) is 5.99. The van der Waals surface area contributed by atoms with Crippen LogP contribution >= 0.6 is 0 Å². The van der Waals surface area contributed by atoms with Crippen molar-refractivity contribution >= 4 is 0 Å². The van der Waals surface area contributed by atoms with Gasteiger partial charge in [-0.15, -0.1) is 0 Å². The number of rotatable bonds is 5. The molecule has 0 spiro atoms. The van der Waals surface area contributed by atoms with Crippen LogP contribution in [-0.2, 0) is 0 Å². The molecule has 0 aliphatic heterocycles. The number of likely N-dealkylation sites (N-methyl/N-ethyl adjacent to an activating group) is 2. The molecule has 0 amide bonds. The number of nitriles is 1. The molecule has 1 atom stereocenters. The molecular formula is C12H23N3. The van der Waals surface area contributed by atoms with Crippen LogP contribution in [-0.4, -0.2) is 36.6 Å². The third kappa shape index (κ3) is 3.19. The maximum Gasteiger partial charge on any atom is 0.116 e. The molecule has 1 rings (SSSR count). The van der Waals surface area contributed by atoms with Crippen LogP contribution in [0.1, 0.15) is 39.5 Å². The summed E-state index contributed by atoms with van der Waals surface area (Å²) in [6.07, 6.45) is 5.31. The summed E-state index contributed by atoms with van der Waals surface area (Å²) in [5.74, 6) is 0. The van der Waals surface area contributed by atoms with Gasteiger partial charge in [-0.05, 0) is 33.4 Å². The lowest BCUT2D eigenvalue weighted by atomic mass is 10.0. The van der Waals surface area contributed by atoms with Gasteiger partial charge in [0, 0.05) is 12.6 Å². The molecule has 0 bridgehead atoms. The van der Waals surface area contributed by atoms with E-state index in [0.717, 1.165) is 13.1 Å². The summed E-state index contributed by atoms with van der Waals surface area (Å²) in [6.45, 7) is 6.04. The largest absolute Gasteiger partial charge is 0.302 e. The SMILES string of the molecule is CCN(CC(C)(C#N)NC)C1CCCC1. The van der Waals surface area contributed by atoms with E-state index in [0.29, 0.717) is 6.04 Å². The van der Waals surface area contributed by atoms with Crippen LogP contribution in [0.3, 0.4) is 0 Å². The monoisotopic (exact) mass is 209 g/mol. The highest BCUT2D eigenvalue weighted by Gasteiger charge is 2.29. The van der Waals surface area contributed by atoms with Gasteiger partial charge in [-0.1, -0.05) is 19.8 Å². The van der Waals surface area contributed by atoms with E-state index in [1.54, 1.807) is 0 Å². The van der Waals surface area contributed by atoms with Crippen LogP contribution in [0.5, 0.6) is 0 Å². The van der Waals surface area contributed by atoms with Gasteiger partial charge in [0.1, 0.15) is 5.54 Å². The maximum absolute atomic E-state index is 9.13. The molecule has 0 aromatic rings. The van der Waals surface area contributed by atoms with E-state index in [2.05, 4.69) is 23.2 Å². The molecule has 3 heteroatoms. The molecule has 86 valence electrons. The summed E-state index contributed by atoms with van der Waals surface area (Å²) in [4.78, 5) is 2.45. The molecule has 1 unspecified atom stereocenters. The Hall–Kier alpha value is -0.590. The zero-order valence-electron chi connectivity index (χ0n) is 10.2. The van der Waals surface area contributed by atoms with E-state index in [4.69, 9.17) is 5.26 Å². The standard InChI is InChI=1S/C12H23N3/c1-4-15(11-7-5-6-8-11)10-12(2,9-13)14-3/h11,14H,4-8,10H2,1-3H3. The molecule has 0 heterocycles. The lowest BCUT2D eigenvalue weighted by Crippen LogP contribution is -2.51. The fourth-order valence-corrected chi connectivity index (χ4v) is 2.35. The summed E-state index contributed by atoms with van der Waals surface area (Å²) in [5.41, 5.74) is -0.404. The Morgan fingerprint density at radius 3 is 2.47 bits per heavy atom. The average molecular weight is 209 g/mol. The van der Waals surface area contributed by atoms with Crippen LogP contribution in [0.25, 0.3) is 0 Å². The van der Waals surface area contributed by atoms with Crippen molar-refractivity contribution in [2.75, 3.05) is 20.1 Å². The van der Waals surface area contributed by atoms with E-state index in [9.17, 15) is 0 Å². The van der Waals surface area contributed by atoms with Crippen LogP contribution in [0.4, 0.5) is 0 Å². The normalized spacial score (nSPS) is 21.5. The molecule has 1 saturated carbocycles. The second kappa shape index (κ2) is 5.48.